The first-order valence-corrected chi connectivity index (χ1v) is 5.67. The van der Waals surface area contributed by atoms with Crippen LogP contribution in [0, 0.1) is 0 Å². The number of ether oxygens (including phenoxy) is 1. The predicted octanol–water partition coefficient (Wildman–Crippen LogP) is -0.369. The third kappa shape index (κ3) is 2.96. The van der Waals surface area contributed by atoms with Crippen LogP contribution in [0.25, 0.3) is 0 Å². The second kappa shape index (κ2) is 4.06. The Kier molecular flexibility index (Phi) is 3.27. The van der Waals surface area contributed by atoms with Gasteiger partial charge in [-0.2, -0.15) is 0 Å². The van der Waals surface area contributed by atoms with E-state index < -0.39 is 21.2 Å². The summed E-state index contributed by atoms with van der Waals surface area (Å²) in [6, 6.07) is 0. The first kappa shape index (κ1) is 10.5. The lowest BCUT2D eigenvalue weighted by Crippen LogP contribution is -2.41. The molecule has 1 atom stereocenters. The number of sulfonamides is 1. The lowest BCUT2D eigenvalue weighted by atomic mass is 10.2. The zero-order valence-electron chi connectivity index (χ0n) is 7.45. The van der Waals surface area contributed by atoms with E-state index in [0.29, 0.717) is 13.0 Å². The van der Waals surface area contributed by atoms with E-state index in [0.717, 1.165) is 6.42 Å². The third-order valence-corrected chi connectivity index (χ3v) is 3.66. The van der Waals surface area contributed by atoms with Crippen molar-refractivity contribution in [3.8, 4) is 0 Å². The van der Waals surface area contributed by atoms with E-state index in [1.165, 1.54) is 6.92 Å². The van der Waals surface area contributed by atoms with Gasteiger partial charge < -0.3 is 4.74 Å². The van der Waals surface area contributed by atoms with Gasteiger partial charge in [-0.3, -0.25) is 9.52 Å². The number of carbonyl (C=O) groups is 1. The zero-order chi connectivity index (χ0) is 9.90. The Morgan fingerprint density at radius 1 is 1.54 bits per heavy atom. The van der Waals surface area contributed by atoms with Crippen molar-refractivity contribution in [3.63, 3.8) is 0 Å². The van der Waals surface area contributed by atoms with Crippen LogP contribution >= 0.6 is 0 Å². The van der Waals surface area contributed by atoms with Gasteiger partial charge >= 0.3 is 0 Å². The van der Waals surface area contributed by atoms with E-state index in [4.69, 9.17) is 4.74 Å². The van der Waals surface area contributed by atoms with Crippen LogP contribution in [0.2, 0.25) is 0 Å². The highest BCUT2D eigenvalue weighted by Gasteiger charge is 2.28. The minimum absolute atomic E-state index is 0.183. The van der Waals surface area contributed by atoms with Gasteiger partial charge in [-0.15, -0.1) is 0 Å². The van der Waals surface area contributed by atoms with Gasteiger partial charge in [-0.05, 0) is 12.8 Å². The second-order valence-electron chi connectivity index (χ2n) is 3.04. The van der Waals surface area contributed by atoms with Crippen molar-refractivity contribution in [2.45, 2.75) is 25.0 Å². The number of nitrogens with one attached hydrogen (secondary N) is 1. The summed E-state index contributed by atoms with van der Waals surface area (Å²) in [5.41, 5.74) is 0. The molecule has 1 aliphatic rings. The Morgan fingerprint density at radius 3 is 2.69 bits per heavy atom. The Balaban J connectivity index is 2.62. The standard InChI is InChI=1S/C7H13NO4S/c1-6(9)8-13(10,11)7-3-2-4-12-5-7/h7H,2-5H2,1H3,(H,8,9). The molecule has 76 valence electrons. The Morgan fingerprint density at radius 2 is 2.23 bits per heavy atom. The molecule has 13 heavy (non-hydrogen) atoms. The largest absolute Gasteiger partial charge is 0.380 e. The molecular formula is C7H13NO4S. The van der Waals surface area contributed by atoms with Gasteiger partial charge in [0.05, 0.1) is 6.61 Å². The van der Waals surface area contributed by atoms with Crippen molar-refractivity contribution in [2.75, 3.05) is 13.2 Å². The van der Waals surface area contributed by atoms with Crippen LogP contribution in [0.4, 0.5) is 0 Å². The molecule has 6 heteroatoms. The Hall–Kier alpha value is -0.620. The topological polar surface area (TPSA) is 72.5 Å². The maximum atomic E-state index is 11.4. The van der Waals surface area contributed by atoms with Gasteiger partial charge in [0.15, 0.2) is 0 Å². The molecule has 5 nitrogen and oxygen atoms in total. The first-order valence-electron chi connectivity index (χ1n) is 4.12. The number of rotatable bonds is 2. The normalized spacial score (nSPS) is 23.9. The van der Waals surface area contributed by atoms with E-state index in [-0.39, 0.29) is 6.61 Å². The fourth-order valence-corrected chi connectivity index (χ4v) is 2.56. The molecule has 0 aromatic heterocycles. The summed E-state index contributed by atoms with van der Waals surface area (Å²) in [4.78, 5) is 10.6. The van der Waals surface area contributed by atoms with E-state index in [1.54, 1.807) is 0 Å². The molecule has 1 saturated heterocycles. The van der Waals surface area contributed by atoms with Crippen LogP contribution in [0.15, 0.2) is 0 Å². The highest BCUT2D eigenvalue weighted by molar-refractivity contribution is 7.90. The number of hydrogen-bond acceptors (Lipinski definition) is 4. The lowest BCUT2D eigenvalue weighted by molar-refractivity contribution is -0.117. The summed E-state index contributed by atoms with van der Waals surface area (Å²) in [5.74, 6) is -0.550. The second-order valence-corrected chi connectivity index (χ2v) is 5.00. The minimum atomic E-state index is -3.51. The molecule has 0 radical (unpaired) electrons. The summed E-state index contributed by atoms with van der Waals surface area (Å²) >= 11 is 0. The van der Waals surface area contributed by atoms with Crippen LogP contribution in [0.5, 0.6) is 0 Å². The molecule has 0 aliphatic carbocycles. The molecular weight excluding hydrogens is 194 g/mol. The van der Waals surface area contributed by atoms with Crippen molar-refractivity contribution in [2.24, 2.45) is 0 Å². The summed E-state index contributed by atoms with van der Waals surface area (Å²) in [6.07, 6.45) is 1.28. The highest BCUT2D eigenvalue weighted by Crippen LogP contribution is 2.13. The Bertz CT molecular complexity index is 279. The summed E-state index contributed by atoms with van der Waals surface area (Å²) in [6.45, 7) is 1.97. The molecule has 1 unspecified atom stereocenters. The molecule has 0 aromatic carbocycles. The van der Waals surface area contributed by atoms with Gasteiger partial charge in [-0.1, -0.05) is 0 Å². The third-order valence-electron chi connectivity index (χ3n) is 1.84. The van der Waals surface area contributed by atoms with Crippen LogP contribution in [-0.2, 0) is 19.6 Å². The van der Waals surface area contributed by atoms with Gasteiger partial charge in [0.2, 0.25) is 15.9 Å². The number of hydrogen-bond donors (Lipinski definition) is 1. The summed E-state index contributed by atoms with van der Waals surface area (Å²) < 4.78 is 29.7. The minimum Gasteiger partial charge on any atom is -0.380 e. The molecule has 0 spiro atoms. The molecule has 1 amide bonds. The van der Waals surface area contributed by atoms with E-state index in [1.807, 2.05) is 4.72 Å². The zero-order valence-corrected chi connectivity index (χ0v) is 8.26. The number of amides is 1. The average Bonchev–Trinajstić information content (AvgIpc) is 2.04. The quantitative estimate of drug-likeness (QED) is 0.670. The van der Waals surface area contributed by atoms with E-state index >= 15 is 0 Å². The van der Waals surface area contributed by atoms with E-state index in [9.17, 15) is 13.2 Å². The molecule has 0 saturated carbocycles. The van der Waals surface area contributed by atoms with Crippen LogP contribution in [0.3, 0.4) is 0 Å². The molecule has 0 aromatic rings. The maximum absolute atomic E-state index is 11.4. The average molecular weight is 207 g/mol. The first-order chi connectivity index (χ1) is 6.02. The van der Waals surface area contributed by atoms with Crippen molar-refractivity contribution in [3.05, 3.63) is 0 Å². The van der Waals surface area contributed by atoms with Crippen LogP contribution < -0.4 is 4.72 Å². The molecule has 1 heterocycles. The van der Waals surface area contributed by atoms with Gasteiger partial charge in [0.1, 0.15) is 5.25 Å². The smallest absolute Gasteiger partial charge is 0.240 e. The molecule has 1 N–H and O–H groups in total. The highest BCUT2D eigenvalue weighted by atomic mass is 32.2. The summed E-state index contributed by atoms with van der Waals surface area (Å²) in [7, 11) is -3.51. The monoisotopic (exact) mass is 207 g/mol. The molecule has 1 rings (SSSR count). The number of carbonyl (C=O) groups excluding carboxylic acids is 1. The van der Waals surface area contributed by atoms with Crippen LogP contribution in [0.1, 0.15) is 19.8 Å². The van der Waals surface area contributed by atoms with Crippen molar-refractivity contribution in [1.82, 2.24) is 4.72 Å². The predicted molar refractivity (Wildman–Crippen MR) is 46.6 cm³/mol. The van der Waals surface area contributed by atoms with E-state index in [2.05, 4.69) is 0 Å². The molecule has 0 bridgehead atoms. The fraction of sp³-hybridized carbons (Fsp3) is 0.857. The SMILES string of the molecule is CC(=O)NS(=O)(=O)C1CCCOC1. The molecule has 1 aliphatic heterocycles. The van der Waals surface area contributed by atoms with Crippen LogP contribution in [-0.4, -0.2) is 32.8 Å². The Labute approximate surface area is 77.5 Å². The van der Waals surface area contributed by atoms with Gasteiger partial charge in [0.25, 0.3) is 0 Å². The maximum Gasteiger partial charge on any atom is 0.240 e. The van der Waals surface area contributed by atoms with Crippen molar-refractivity contribution in [1.29, 1.82) is 0 Å². The lowest BCUT2D eigenvalue weighted by Gasteiger charge is -2.21. The van der Waals surface area contributed by atoms with Crippen molar-refractivity contribution < 1.29 is 17.9 Å². The molecule has 1 fully saturated rings. The van der Waals surface area contributed by atoms with Crippen molar-refractivity contribution >= 4 is 15.9 Å². The van der Waals surface area contributed by atoms with Gasteiger partial charge in [-0.25, -0.2) is 8.42 Å². The summed E-state index contributed by atoms with van der Waals surface area (Å²) in [5, 5.41) is -0.579. The van der Waals surface area contributed by atoms with Gasteiger partial charge in [0, 0.05) is 13.5 Å². The fourth-order valence-electron chi connectivity index (χ4n) is 1.24.